The van der Waals surface area contributed by atoms with E-state index >= 15 is 0 Å². The molecule has 2 N–H and O–H groups in total. The van der Waals surface area contributed by atoms with Gasteiger partial charge in [-0.05, 0) is 36.5 Å². The van der Waals surface area contributed by atoms with E-state index < -0.39 is 5.54 Å². The Balaban J connectivity index is 1.78. The summed E-state index contributed by atoms with van der Waals surface area (Å²) in [5.41, 5.74) is 8.10. The Morgan fingerprint density at radius 3 is 2.85 bits per heavy atom. The Morgan fingerprint density at radius 2 is 2.10 bits per heavy atom. The molecular formula is C15H19BrN2O2. The van der Waals surface area contributed by atoms with Gasteiger partial charge in [-0.2, -0.15) is 0 Å². The highest BCUT2D eigenvalue weighted by atomic mass is 79.9. The molecule has 1 amide bonds. The lowest BCUT2D eigenvalue weighted by molar-refractivity contribution is -0.141. The lowest BCUT2D eigenvalue weighted by Crippen LogP contribution is -2.58. The first-order chi connectivity index (χ1) is 9.60. The van der Waals surface area contributed by atoms with E-state index in [4.69, 9.17) is 10.5 Å². The molecule has 1 saturated heterocycles. The van der Waals surface area contributed by atoms with Crippen LogP contribution in [-0.4, -0.2) is 36.1 Å². The van der Waals surface area contributed by atoms with Crippen LogP contribution in [0.4, 0.5) is 0 Å². The average Bonchev–Trinajstić information content (AvgIpc) is 2.47. The number of nitrogens with two attached hydrogens (primary N) is 1. The van der Waals surface area contributed by atoms with E-state index in [1.165, 1.54) is 11.1 Å². The van der Waals surface area contributed by atoms with Crippen LogP contribution >= 0.6 is 15.9 Å². The lowest BCUT2D eigenvalue weighted by atomic mass is 9.88. The molecule has 0 aliphatic carbocycles. The Hall–Kier alpha value is -0.910. The van der Waals surface area contributed by atoms with Crippen molar-refractivity contribution in [3.05, 3.63) is 33.8 Å². The topological polar surface area (TPSA) is 55.6 Å². The molecule has 2 aliphatic rings. The van der Waals surface area contributed by atoms with Crippen LogP contribution in [-0.2, 0) is 22.5 Å². The largest absolute Gasteiger partial charge is 0.381 e. The van der Waals surface area contributed by atoms with Crippen LogP contribution in [0.3, 0.4) is 0 Å². The SMILES string of the molecule is NC1(C(=O)N2CCc3c(Br)cccc3C2)CCOCC1. The molecule has 2 heterocycles. The molecule has 3 rings (SSSR count). The van der Waals surface area contributed by atoms with E-state index in [0.29, 0.717) is 32.6 Å². The number of fused-ring (bicyclic) bond motifs is 1. The third kappa shape index (κ3) is 2.50. The van der Waals surface area contributed by atoms with Crippen LogP contribution in [0.2, 0.25) is 0 Å². The molecule has 4 nitrogen and oxygen atoms in total. The molecule has 0 aromatic heterocycles. The summed E-state index contributed by atoms with van der Waals surface area (Å²) in [4.78, 5) is 14.6. The first-order valence-corrected chi connectivity index (χ1v) is 7.82. The molecule has 0 spiro atoms. The van der Waals surface area contributed by atoms with Crippen molar-refractivity contribution in [2.24, 2.45) is 5.73 Å². The molecule has 2 aliphatic heterocycles. The first-order valence-electron chi connectivity index (χ1n) is 7.02. The molecule has 1 fully saturated rings. The molecule has 0 radical (unpaired) electrons. The summed E-state index contributed by atoms with van der Waals surface area (Å²) in [6.45, 7) is 2.57. The molecule has 0 saturated carbocycles. The second-order valence-corrected chi connectivity index (χ2v) is 6.48. The maximum atomic E-state index is 12.7. The maximum Gasteiger partial charge on any atom is 0.243 e. The highest BCUT2D eigenvalue weighted by molar-refractivity contribution is 9.10. The van der Waals surface area contributed by atoms with Gasteiger partial charge >= 0.3 is 0 Å². The normalized spacial score (nSPS) is 21.4. The van der Waals surface area contributed by atoms with Crippen LogP contribution < -0.4 is 5.73 Å². The van der Waals surface area contributed by atoms with Gasteiger partial charge in [-0.1, -0.05) is 28.1 Å². The first kappa shape index (κ1) is 14.0. The molecular weight excluding hydrogens is 320 g/mol. The lowest BCUT2D eigenvalue weighted by Gasteiger charge is -2.39. The second-order valence-electron chi connectivity index (χ2n) is 5.62. The fourth-order valence-electron chi connectivity index (χ4n) is 3.00. The van der Waals surface area contributed by atoms with Gasteiger partial charge in [0.1, 0.15) is 0 Å². The number of ether oxygens (including phenoxy) is 1. The number of rotatable bonds is 1. The molecule has 1 aromatic carbocycles. The molecule has 5 heteroatoms. The van der Waals surface area contributed by atoms with Gasteiger partial charge < -0.3 is 15.4 Å². The van der Waals surface area contributed by atoms with Gasteiger partial charge in [-0.15, -0.1) is 0 Å². The predicted octanol–water partition coefficient (Wildman–Crippen LogP) is 1.84. The average molecular weight is 339 g/mol. The molecule has 0 unspecified atom stereocenters. The van der Waals surface area contributed by atoms with Crippen LogP contribution in [0, 0.1) is 0 Å². The second kappa shape index (κ2) is 5.47. The summed E-state index contributed by atoms with van der Waals surface area (Å²) >= 11 is 3.58. The third-order valence-corrected chi connectivity index (χ3v) is 5.05. The minimum Gasteiger partial charge on any atom is -0.381 e. The van der Waals surface area contributed by atoms with E-state index in [2.05, 4.69) is 28.1 Å². The quantitative estimate of drug-likeness (QED) is 0.850. The molecule has 0 atom stereocenters. The minimum atomic E-state index is -0.734. The van der Waals surface area contributed by atoms with Crippen LogP contribution in [0.25, 0.3) is 0 Å². The predicted molar refractivity (Wildman–Crippen MR) is 80.2 cm³/mol. The van der Waals surface area contributed by atoms with Gasteiger partial charge in [-0.25, -0.2) is 0 Å². The zero-order valence-corrected chi connectivity index (χ0v) is 13.0. The molecule has 20 heavy (non-hydrogen) atoms. The number of nitrogens with zero attached hydrogens (tertiary/aromatic N) is 1. The fraction of sp³-hybridized carbons (Fsp3) is 0.533. The summed E-state index contributed by atoms with van der Waals surface area (Å²) in [6, 6.07) is 6.16. The van der Waals surface area contributed by atoms with Crippen LogP contribution in [0.15, 0.2) is 22.7 Å². The van der Waals surface area contributed by atoms with Crippen molar-refractivity contribution in [1.82, 2.24) is 4.90 Å². The zero-order chi connectivity index (χ0) is 14.2. The van der Waals surface area contributed by atoms with Crippen LogP contribution in [0.5, 0.6) is 0 Å². The Labute approximate surface area is 127 Å². The minimum absolute atomic E-state index is 0.0754. The van der Waals surface area contributed by atoms with E-state index in [1.54, 1.807) is 0 Å². The Kier molecular flexibility index (Phi) is 3.84. The Bertz CT molecular complexity index is 527. The fourth-order valence-corrected chi connectivity index (χ4v) is 3.61. The van der Waals surface area contributed by atoms with E-state index in [0.717, 1.165) is 17.4 Å². The van der Waals surface area contributed by atoms with E-state index in [-0.39, 0.29) is 5.91 Å². The molecule has 1 aromatic rings. The van der Waals surface area contributed by atoms with E-state index in [1.807, 2.05) is 11.0 Å². The molecule has 0 bridgehead atoms. The van der Waals surface area contributed by atoms with Crippen molar-refractivity contribution < 1.29 is 9.53 Å². The number of hydrogen-bond acceptors (Lipinski definition) is 3. The van der Waals surface area contributed by atoms with Crippen LogP contribution in [0.1, 0.15) is 24.0 Å². The van der Waals surface area contributed by atoms with Gasteiger partial charge in [0.2, 0.25) is 5.91 Å². The van der Waals surface area contributed by atoms with Crippen molar-refractivity contribution in [3.63, 3.8) is 0 Å². The number of benzene rings is 1. The summed E-state index contributed by atoms with van der Waals surface area (Å²) in [5, 5.41) is 0. The van der Waals surface area contributed by atoms with Gasteiger partial charge in [-0.3, -0.25) is 4.79 Å². The van der Waals surface area contributed by atoms with Gasteiger partial charge in [0.15, 0.2) is 0 Å². The number of carbonyl (C=O) groups excluding carboxylic acids is 1. The summed E-state index contributed by atoms with van der Waals surface area (Å²) in [7, 11) is 0. The highest BCUT2D eigenvalue weighted by Crippen LogP contribution is 2.29. The van der Waals surface area contributed by atoms with Gasteiger partial charge in [0, 0.05) is 30.8 Å². The van der Waals surface area contributed by atoms with Gasteiger partial charge in [0.25, 0.3) is 0 Å². The summed E-state index contributed by atoms with van der Waals surface area (Å²) in [5.74, 6) is 0.0754. The highest BCUT2D eigenvalue weighted by Gasteiger charge is 2.39. The number of hydrogen-bond donors (Lipinski definition) is 1. The summed E-state index contributed by atoms with van der Waals surface area (Å²) in [6.07, 6.45) is 2.12. The number of carbonyl (C=O) groups is 1. The molecule has 108 valence electrons. The maximum absolute atomic E-state index is 12.7. The monoisotopic (exact) mass is 338 g/mol. The Morgan fingerprint density at radius 1 is 1.35 bits per heavy atom. The standard InChI is InChI=1S/C15H19BrN2O2/c16-13-3-1-2-11-10-18(7-4-12(11)13)14(19)15(17)5-8-20-9-6-15/h1-3H,4-10,17H2. The number of amides is 1. The third-order valence-electron chi connectivity index (χ3n) is 4.31. The van der Waals surface area contributed by atoms with Crippen molar-refractivity contribution in [2.45, 2.75) is 31.3 Å². The van der Waals surface area contributed by atoms with Crippen molar-refractivity contribution >= 4 is 21.8 Å². The van der Waals surface area contributed by atoms with Crippen molar-refractivity contribution in [2.75, 3.05) is 19.8 Å². The van der Waals surface area contributed by atoms with Crippen molar-refractivity contribution in [3.8, 4) is 0 Å². The number of halogens is 1. The van der Waals surface area contributed by atoms with Crippen molar-refractivity contribution in [1.29, 1.82) is 0 Å². The van der Waals surface area contributed by atoms with E-state index in [9.17, 15) is 4.79 Å². The zero-order valence-electron chi connectivity index (χ0n) is 11.4. The smallest absolute Gasteiger partial charge is 0.243 e. The van der Waals surface area contributed by atoms with Gasteiger partial charge in [0.05, 0.1) is 5.54 Å². The summed E-state index contributed by atoms with van der Waals surface area (Å²) < 4.78 is 6.45.